The van der Waals surface area contributed by atoms with Crippen LogP contribution < -0.4 is 0 Å². The summed E-state index contributed by atoms with van der Waals surface area (Å²) >= 11 is 0. The summed E-state index contributed by atoms with van der Waals surface area (Å²) in [5.41, 5.74) is 0.668. The van der Waals surface area contributed by atoms with Crippen molar-refractivity contribution in [3.63, 3.8) is 0 Å². The van der Waals surface area contributed by atoms with Crippen molar-refractivity contribution >= 4 is 0 Å². The maximum Gasteiger partial charge on any atom is 0.102 e. The van der Waals surface area contributed by atoms with E-state index in [1.54, 1.807) is 0 Å². The third kappa shape index (κ3) is 6.49. The lowest BCUT2D eigenvalue weighted by Gasteiger charge is -2.42. The third-order valence-corrected chi connectivity index (χ3v) is 3.61. The molecule has 0 aliphatic heterocycles. The normalized spacial score (nSPS) is 14.2. The van der Waals surface area contributed by atoms with Crippen molar-refractivity contribution < 1.29 is 9.22 Å². The van der Waals surface area contributed by atoms with Gasteiger partial charge in [0.05, 0.1) is 26.2 Å². The molecule has 0 aromatic heterocycles. The number of nitrogens with zero attached hydrogens (tertiary/aromatic N) is 1. The Labute approximate surface area is 103 Å². The van der Waals surface area contributed by atoms with Gasteiger partial charge in [-0.2, -0.15) is 0 Å². The van der Waals surface area contributed by atoms with Gasteiger partial charge in [0.25, 0.3) is 0 Å². The molecule has 0 heterocycles. The molecule has 0 fully saturated rings. The highest BCUT2D eigenvalue weighted by Crippen LogP contribution is 2.19. The summed E-state index contributed by atoms with van der Waals surface area (Å²) in [6, 6.07) is 0. The fourth-order valence-electron chi connectivity index (χ4n) is 1.11. The number of ether oxygens (including phenoxy) is 1. The minimum absolute atomic E-state index is 0.285. The van der Waals surface area contributed by atoms with E-state index in [0.29, 0.717) is 5.41 Å². The van der Waals surface area contributed by atoms with E-state index in [1.807, 2.05) is 0 Å². The predicted octanol–water partition coefficient (Wildman–Crippen LogP) is 3.31. The van der Waals surface area contributed by atoms with Gasteiger partial charge in [-0.05, 0) is 32.6 Å². The highest BCUT2D eigenvalue weighted by atomic mass is 16.5. The van der Waals surface area contributed by atoms with E-state index in [2.05, 4.69) is 55.6 Å². The minimum atomic E-state index is 0.285. The van der Waals surface area contributed by atoms with Crippen molar-refractivity contribution in [3.8, 4) is 0 Å². The molecule has 0 radical (unpaired) electrons. The lowest BCUT2D eigenvalue weighted by molar-refractivity contribution is -0.935. The van der Waals surface area contributed by atoms with Gasteiger partial charge in [-0.15, -0.1) is 0 Å². The Hall–Kier alpha value is -0.0800. The molecule has 98 valence electrons. The second kappa shape index (κ2) is 5.50. The third-order valence-electron chi connectivity index (χ3n) is 3.61. The minimum Gasteiger partial charge on any atom is -0.376 e. The van der Waals surface area contributed by atoms with Crippen molar-refractivity contribution in [1.29, 1.82) is 0 Å². The van der Waals surface area contributed by atoms with Crippen LogP contribution in [0.3, 0.4) is 0 Å². The lowest BCUT2D eigenvalue weighted by Crippen LogP contribution is -2.55. The molecule has 0 atom stereocenters. The molecule has 0 aromatic carbocycles. The standard InChI is InChI=1S/C14H32NO/c1-13(2,3)9-11-16-12-10-15(7,8)14(4,5)6/h9-12H2,1-8H3/q+1. The van der Waals surface area contributed by atoms with Gasteiger partial charge < -0.3 is 9.22 Å². The van der Waals surface area contributed by atoms with Crippen LogP contribution in [-0.4, -0.2) is 43.9 Å². The van der Waals surface area contributed by atoms with Crippen molar-refractivity contribution in [3.05, 3.63) is 0 Å². The van der Waals surface area contributed by atoms with Crippen LogP contribution >= 0.6 is 0 Å². The lowest BCUT2D eigenvalue weighted by atomic mass is 9.93. The van der Waals surface area contributed by atoms with E-state index in [1.165, 1.54) is 0 Å². The average Bonchev–Trinajstić information content (AvgIpc) is 1.98. The second-order valence-electron chi connectivity index (χ2n) is 7.50. The summed E-state index contributed by atoms with van der Waals surface area (Å²) in [5.74, 6) is 0. The molecular weight excluding hydrogens is 198 g/mol. The highest BCUT2D eigenvalue weighted by molar-refractivity contribution is 4.61. The van der Waals surface area contributed by atoms with Gasteiger partial charge in [0.15, 0.2) is 0 Å². The summed E-state index contributed by atoms with van der Waals surface area (Å²) in [4.78, 5) is 0. The summed E-state index contributed by atoms with van der Waals surface area (Å²) in [6.45, 7) is 16.4. The molecule has 0 aromatic rings. The number of quaternary nitrogens is 1. The summed E-state index contributed by atoms with van der Waals surface area (Å²) in [5, 5.41) is 0. The summed E-state index contributed by atoms with van der Waals surface area (Å²) in [6.07, 6.45) is 1.13. The molecule has 0 aliphatic rings. The number of rotatable bonds is 5. The number of likely N-dealkylation sites (N-methyl/N-ethyl adjacent to an activating group) is 1. The molecular formula is C14H32NO+. The van der Waals surface area contributed by atoms with E-state index >= 15 is 0 Å². The Morgan fingerprint density at radius 1 is 0.875 bits per heavy atom. The maximum atomic E-state index is 5.73. The zero-order chi connectivity index (χ0) is 13.0. The Bertz CT molecular complexity index is 196. The van der Waals surface area contributed by atoms with Crippen LogP contribution in [0, 0.1) is 5.41 Å². The van der Waals surface area contributed by atoms with E-state index in [9.17, 15) is 0 Å². The molecule has 0 spiro atoms. The topological polar surface area (TPSA) is 9.23 Å². The van der Waals surface area contributed by atoms with Crippen molar-refractivity contribution in [1.82, 2.24) is 0 Å². The predicted molar refractivity (Wildman–Crippen MR) is 71.6 cm³/mol. The smallest absolute Gasteiger partial charge is 0.102 e. The maximum absolute atomic E-state index is 5.73. The number of hydrogen-bond acceptors (Lipinski definition) is 1. The first-order chi connectivity index (χ1) is 6.96. The van der Waals surface area contributed by atoms with Gasteiger partial charge in [0.1, 0.15) is 6.54 Å². The van der Waals surface area contributed by atoms with Crippen LogP contribution in [0.2, 0.25) is 0 Å². The molecule has 0 rings (SSSR count). The first-order valence-corrected chi connectivity index (χ1v) is 6.37. The summed E-state index contributed by atoms with van der Waals surface area (Å²) < 4.78 is 6.73. The van der Waals surface area contributed by atoms with Crippen LogP contribution in [-0.2, 0) is 4.74 Å². The molecule has 16 heavy (non-hydrogen) atoms. The second-order valence-corrected chi connectivity index (χ2v) is 7.50. The van der Waals surface area contributed by atoms with Crippen LogP contribution in [0.1, 0.15) is 48.0 Å². The molecule has 0 unspecified atom stereocenters. The molecule has 0 amide bonds. The molecule has 0 saturated heterocycles. The first-order valence-electron chi connectivity index (χ1n) is 6.37. The molecule has 0 aliphatic carbocycles. The van der Waals surface area contributed by atoms with Gasteiger partial charge in [-0.25, -0.2) is 0 Å². The van der Waals surface area contributed by atoms with Gasteiger partial charge in [-0.3, -0.25) is 0 Å². The molecule has 0 N–H and O–H groups in total. The molecule has 2 heteroatoms. The van der Waals surface area contributed by atoms with Gasteiger partial charge in [0.2, 0.25) is 0 Å². The van der Waals surface area contributed by atoms with E-state index in [4.69, 9.17) is 4.74 Å². The van der Waals surface area contributed by atoms with Gasteiger partial charge in [0, 0.05) is 6.61 Å². The number of hydrogen-bond donors (Lipinski definition) is 0. The zero-order valence-corrected chi connectivity index (χ0v) is 12.7. The Morgan fingerprint density at radius 2 is 1.38 bits per heavy atom. The average molecular weight is 230 g/mol. The van der Waals surface area contributed by atoms with Gasteiger partial charge in [-0.1, -0.05) is 20.8 Å². The molecule has 0 saturated carbocycles. The quantitative estimate of drug-likeness (QED) is 0.520. The van der Waals surface area contributed by atoms with Crippen LogP contribution in [0.5, 0.6) is 0 Å². The fraction of sp³-hybridized carbons (Fsp3) is 1.00. The fourth-order valence-corrected chi connectivity index (χ4v) is 1.11. The summed E-state index contributed by atoms with van der Waals surface area (Å²) in [7, 11) is 4.54. The van der Waals surface area contributed by atoms with E-state index < -0.39 is 0 Å². The zero-order valence-electron chi connectivity index (χ0n) is 12.7. The Kier molecular flexibility index (Phi) is 5.48. The van der Waals surface area contributed by atoms with Gasteiger partial charge >= 0.3 is 0 Å². The van der Waals surface area contributed by atoms with Crippen LogP contribution in [0.25, 0.3) is 0 Å². The van der Waals surface area contributed by atoms with Crippen molar-refractivity contribution in [2.45, 2.75) is 53.5 Å². The largest absolute Gasteiger partial charge is 0.376 e. The van der Waals surface area contributed by atoms with E-state index in [0.717, 1.165) is 30.7 Å². The van der Waals surface area contributed by atoms with E-state index in [-0.39, 0.29) is 5.54 Å². The molecule has 0 bridgehead atoms. The highest BCUT2D eigenvalue weighted by Gasteiger charge is 2.30. The van der Waals surface area contributed by atoms with Crippen molar-refractivity contribution in [2.24, 2.45) is 5.41 Å². The van der Waals surface area contributed by atoms with Crippen molar-refractivity contribution in [2.75, 3.05) is 33.9 Å². The Balaban J connectivity index is 3.75. The molecule has 2 nitrogen and oxygen atoms in total. The monoisotopic (exact) mass is 230 g/mol. The first kappa shape index (κ1) is 15.9. The SMILES string of the molecule is CC(C)(C)CCOCC[N+](C)(C)C(C)(C)C. The van der Waals surface area contributed by atoms with Crippen LogP contribution in [0.4, 0.5) is 0 Å². The Morgan fingerprint density at radius 3 is 1.75 bits per heavy atom. The van der Waals surface area contributed by atoms with Crippen LogP contribution in [0.15, 0.2) is 0 Å².